The van der Waals surface area contributed by atoms with E-state index < -0.39 is 25.6 Å². The summed E-state index contributed by atoms with van der Waals surface area (Å²) in [5, 5.41) is 1.22. The number of rotatable bonds is 15. The number of benzene rings is 4. The highest BCUT2D eigenvalue weighted by Crippen LogP contribution is 2.36. The molecule has 0 aliphatic carbocycles. The Balaban J connectivity index is 0.653. The summed E-state index contributed by atoms with van der Waals surface area (Å²) in [6.07, 6.45) is 7.32. The second kappa shape index (κ2) is 20.2. The van der Waals surface area contributed by atoms with Gasteiger partial charge < -0.3 is 24.0 Å². The van der Waals surface area contributed by atoms with Gasteiger partial charge in [-0.1, -0.05) is 59.1 Å². The molecule has 4 aromatic heterocycles. The third kappa shape index (κ3) is 11.3. The van der Waals surface area contributed by atoms with Crippen molar-refractivity contribution < 1.29 is 35.8 Å². The van der Waals surface area contributed by atoms with Crippen LogP contribution in [-0.2, 0) is 24.4 Å². The van der Waals surface area contributed by atoms with E-state index in [-0.39, 0.29) is 46.3 Å². The van der Waals surface area contributed by atoms with Crippen LogP contribution in [0.15, 0.2) is 113 Å². The molecule has 20 heteroatoms. The molecule has 71 heavy (non-hydrogen) atoms. The molecule has 0 spiro atoms. The third-order valence-corrected chi connectivity index (χ3v) is 17.3. The summed E-state index contributed by atoms with van der Waals surface area (Å²) in [6, 6.07) is 27.6. The Kier molecular flexibility index (Phi) is 13.7. The van der Waals surface area contributed by atoms with Crippen molar-refractivity contribution in [3.63, 3.8) is 0 Å². The fraction of sp³-hybridized carbons (Fsp3) is 0.314. The van der Waals surface area contributed by atoms with Crippen LogP contribution in [0.25, 0.3) is 42.7 Å². The molecule has 0 saturated carbocycles. The number of thiazole rings is 2. The molecule has 16 nitrogen and oxygen atoms in total. The maximum absolute atomic E-state index is 13.3. The van der Waals surface area contributed by atoms with E-state index in [4.69, 9.17) is 19.2 Å². The highest BCUT2D eigenvalue weighted by Gasteiger charge is 2.26. The highest BCUT2D eigenvalue weighted by atomic mass is 32.2. The summed E-state index contributed by atoms with van der Waals surface area (Å²) >= 11 is 2.97. The molecular formula is C51H50N8O8S4. The lowest BCUT2D eigenvalue weighted by molar-refractivity contribution is 0.0504. The second-order valence-corrected chi connectivity index (χ2v) is 23.9. The van der Waals surface area contributed by atoms with E-state index in [9.17, 15) is 21.6 Å². The van der Waals surface area contributed by atoms with Crippen molar-refractivity contribution >= 4 is 80.6 Å². The van der Waals surface area contributed by atoms with Gasteiger partial charge in [-0.3, -0.25) is 0 Å². The lowest BCUT2D eigenvalue weighted by atomic mass is 10.1. The van der Waals surface area contributed by atoms with Crippen molar-refractivity contribution in [2.75, 3.05) is 54.6 Å². The van der Waals surface area contributed by atoms with Crippen LogP contribution < -0.4 is 19.3 Å². The summed E-state index contributed by atoms with van der Waals surface area (Å²) < 4.78 is 70.2. The molecule has 8 aromatic rings. The maximum atomic E-state index is 13.3. The zero-order valence-corrected chi connectivity index (χ0v) is 42.5. The number of hydrogen-bond donors (Lipinski definition) is 0. The lowest BCUT2D eigenvalue weighted by Crippen LogP contribution is -2.39. The minimum Gasteiger partial charge on any atom is -0.467 e. The molecule has 2 saturated heterocycles. The fourth-order valence-electron chi connectivity index (χ4n) is 8.70. The first-order valence-electron chi connectivity index (χ1n) is 23.3. The molecule has 10 rings (SSSR count). The highest BCUT2D eigenvalue weighted by molar-refractivity contribution is 7.91. The average Bonchev–Trinajstić information content (AvgIpc) is 3.97. The summed E-state index contributed by atoms with van der Waals surface area (Å²) in [4.78, 5) is 45.0. The van der Waals surface area contributed by atoms with Gasteiger partial charge in [0, 0.05) is 81.9 Å². The quantitative estimate of drug-likeness (QED) is 0.0696. The summed E-state index contributed by atoms with van der Waals surface area (Å²) in [6.45, 7) is 6.81. The van der Waals surface area contributed by atoms with E-state index in [0.717, 1.165) is 98.8 Å². The Labute approximate surface area is 419 Å². The fourth-order valence-corrected chi connectivity index (χ4v) is 12.5. The van der Waals surface area contributed by atoms with Gasteiger partial charge in [0.25, 0.3) is 10.4 Å². The van der Waals surface area contributed by atoms with Crippen LogP contribution in [0, 0.1) is 13.8 Å². The largest absolute Gasteiger partial charge is 0.467 e. The summed E-state index contributed by atoms with van der Waals surface area (Å²) in [5.74, 6) is 0.449. The number of esters is 1. The molecule has 2 aliphatic heterocycles. The molecule has 2 fully saturated rings. The monoisotopic (exact) mass is 1030 g/mol. The van der Waals surface area contributed by atoms with E-state index >= 15 is 0 Å². The number of piperidine rings is 2. The zero-order valence-electron chi connectivity index (χ0n) is 39.2. The van der Waals surface area contributed by atoms with Crippen LogP contribution in [0.3, 0.4) is 0 Å². The van der Waals surface area contributed by atoms with Gasteiger partial charge in [0.1, 0.15) is 12.2 Å². The number of carbonyl (C=O) groups excluding carboxylic acids is 1. The molecule has 0 amide bonds. The third-order valence-electron chi connectivity index (χ3n) is 12.5. The predicted molar refractivity (Wildman–Crippen MR) is 275 cm³/mol. The minimum absolute atomic E-state index is 0.0420. The van der Waals surface area contributed by atoms with Gasteiger partial charge in [0.15, 0.2) is 19.7 Å². The van der Waals surface area contributed by atoms with Crippen molar-refractivity contribution in [3.05, 3.63) is 120 Å². The Morgan fingerprint density at radius 2 is 1.07 bits per heavy atom. The lowest BCUT2D eigenvalue weighted by Gasteiger charge is -2.31. The zero-order chi connectivity index (χ0) is 49.3. The number of sulfone groups is 2. The van der Waals surface area contributed by atoms with Crippen LogP contribution in [-0.4, -0.2) is 110 Å². The van der Waals surface area contributed by atoms with Crippen molar-refractivity contribution in [2.45, 2.75) is 68.0 Å². The molecular weight excluding hydrogens is 981 g/mol. The van der Waals surface area contributed by atoms with Gasteiger partial charge in [-0.2, -0.15) is 0 Å². The molecule has 6 heterocycles. The van der Waals surface area contributed by atoms with Crippen molar-refractivity contribution in [1.29, 1.82) is 0 Å². The molecule has 0 unspecified atom stereocenters. The molecule has 0 bridgehead atoms. The molecule has 0 N–H and O–H groups in total. The topological polar surface area (TPSA) is 197 Å². The number of aryl methyl sites for hydroxylation is 2. The summed E-state index contributed by atoms with van der Waals surface area (Å²) in [5.41, 5.74) is 7.46. The van der Waals surface area contributed by atoms with E-state index in [2.05, 4.69) is 29.8 Å². The number of ether oxygens (including phenoxy) is 3. The van der Waals surface area contributed by atoms with E-state index in [0.29, 0.717) is 29.4 Å². The first kappa shape index (κ1) is 48.0. The molecule has 2 aliphatic rings. The number of fused-ring (bicyclic) bond motifs is 2. The first-order chi connectivity index (χ1) is 34.2. The van der Waals surface area contributed by atoms with Crippen molar-refractivity contribution in [1.82, 2.24) is 29.9 Å². The number of hydrogen-bond acceptors (Lipinski definition) is 18. The van der Waals surface area contributed by atoms with Gasteiger partial charge in [0.05, 0.1) is 48.1 Å². The predicted octanol–water partition coefficient (Wildman–Crippen LogP) is 8.96. The van der Waals surface area contributed by atoms with Crippen LogP contribution in [0.4, 0.5) is 11.9 Å². The van der Waals surface area contributed by atoms with E-state index in [1.807, 2.05) is 61.2 Å². The smallest absolute Gasteiger partial charge is 0.341 e. The number of anilines is 2. The van der Waals surface area contributed by atoms with Gasteiger partial charge in [-0.15, -0.1) is 0 Å². The number of carbonyl (C=O) groups is 1. The van der Waals surface area contributed by atoms with E-state index in [1.54, 1.807) is 48.5 Å². The normalized spacial score (nSPS) is 15.1. The molecule has 0 radical (unpaired) electrons. The van der Waals surface area contributed by atoms with Crippen LogP contribution in [0.2, 0.25) is 0 Å². The molecule has 4 aromatic carbocycles. The van der Waals surface area contributed by atoms with Crippen molar-refractivity contribution in [2.24, 2.45) is 0 Å². The Morgan fingerprint density at radius 3 is 1.56 bits per heavy atom. The van der Waals surface area contributed by atoms with Crippen LogP contribution in [0.1, 0.15) is 53.8 Å². The van der Waals surface area contributed by atoms with Gasteiger partial charge in [0.2, 0.25) is 11.9 Å². The van der Waals surface area contributed by atoms with Crippen LogP contribution >= 0.6 is 22.7 Å². The SMILES string of the molecule is Cc1cc(C)nc(N2CCC(Oc3nc4ccc(-c5ccc(S(=O)(=O)CCCOC(=O)c6cnc(N7CCC(Oc8nc9ccc(-c%10ccc(S(C)(=O)=O)cc%10)cc9s8)CC7)nc6)cc5)cc4s3)CC2)n1. The maximum Gasteiger partial charge on any atom is 0.341 e. The van der Waals surface area contributed by atoms with E-state index in [1.165, 1.54) is 41.3 Å². The van der Waals surface area contributed by atoms with Gasteiger partial charge >= 0.3 is 5.97 Å². The van der Waals surface area contributed by atoms with Gasteiger partial charge in [-0.05, 0) is 97.1 Å². The standard InChI is InChI=1S/C51H50N8O8S4/c1-32-27-33(2)55-49(54-32)59-23-19-40(20-24-59)67-51-57-44-16-10-37(29-46(44)69-51)35-7-13-42(14-8-35)71(63,64)26-4-25-65-47(60)38-30-52-48(53-31-38)58-21-17-39(18-22-58)66-50-56-43-15-9-36(28-45(43)68-50)34-5-11-41(12-6-34)70(3,61)62/h5-16,27-31,39-40H,4,17-26H2,1-3H3. The minimum atomic E-state index is -3.63. The average molecular weight is 1030 g/mol. The molecule has 366 valence electrons. The number of aromatic nitrogens is 6. The van der Waals surface area contributed by atoms with Crippen LogP contribution in [0.5, 0.6) is 10.4 Å². The first-order valence-corrected chi connectivity index (χ1v) is 28.5. The Hall–Kier alpha value is -6.61. The Morgan fingerprint density at radius 1 is 0.606 bits per heavy atom. The Bertz CT molecular complexity index is 3430. The van der Waals surface area contributed by atoms with Crippen molar-refractivity contribution in [3.8, 4) is 32.6 Å². The summed E-state index contributed by atoms with van der Waals surface area (Å²) in [7, 11) is -6.90. The van der Waals surface area contributed by atoms with Gasteiger partial charge in [-0.25, -0.2) is 51.5 Å². The number of nitrogens with zero attached hydrogens (tertiary/aromatic N) is 8. The second-order valence-electron chi connectivity index (χ2n) is 17.8. The molecule has 0 atom stereocenters.